The fourth-order valence-corrected chi connectivity index (χ4v) is 4.96. The molecule has 36 heavy (non-hydrogen) atoms. The Labute approximate surface area is 252 Å². The summed E-state index contributed by atoms with van der Waals surface area (Å²) < 4.78 is 47.6. The third-order valence-electron chi connectivity index (χ3n) is 5.77. The van der Waals surface area contributed by atoms with Crippen LogP contribution in [0.2, 0.25) is 0 Å². The molecule has 0 atom stereocenters. The second-order valence-corrected chi connectivity index (χ2v) is 9.23. The van der Waals surface area contributed by atoms with E-state index >= 15 is 0 Å². The molecule has 0 saturated carbocycles. The van der Waals surface area contributed by atoms with Crippen LogP contribution in [0.25, 0.3) is 55.7 Å². The molecule has 0 aliphatic carbocycles. The van der Waals surface area contributed by atoms with Gasteiger partial charge in [0.15, 0.2) is 5.76 Å². The summed E-state index contributed by atoms with van der Waals surface area (Å²) >= 11 is 0. The molecule has 6 aromatic rings. The normalized spacial score (nSPS) is 11.2. The minimum Gasteiger partial charge on any atom is -0.744 e. The fraction of sp³-hybridized carbons (Fsp3) is 0. The van der Waals surface area contributed by atoms with Gasteiger partial charge in [-0.2, -0.15) is 0 Å². The van der Waals surface area contributed by atoms with Crippen molar-refractivity contribution in [1.29, 1.82) is 0 Å². The standard InChI is InChI=1S/C28H17O5S.2Na/c29-34(30,31)28-23-6-2-4-8-25(23)33-27(28)21-15-11-19(12-16-21)18-9-13-20(14-10-18)26-17-22-5-1-3-7-24(22)32-26;;/h1-16H,(H,29,30,31);;/q-1;2*+1/p-1. The van der Waals surface area contributed by atoms with Gasteiger partial charge in [0.1, 0.15) is 20.6 Å². The number of rotatable bonds is 4. The Balaban J connectivity index is 0.00000152. The molecule has 6 rings (SSSR count). The Morgan fingerprint density at radius 2 is 1.14 bits per heavy atom. The van der Waals surface area contributed by atoms with Crippen LogP contribution in [0.15, 0.2) is 111 Å². The number of para-hydroxylation sites is 2. The topological polar surface area (TPSA) is 83.5 Å². The van der Waals surface area contributed by atoms with Crippen LogP contribution in [0.4, 0.5) is 0 Å². The smallest absolute Gasteiger partial charge is 0.744 e. The average molecular weight is 510 g/mol. The van der Waals surface area contributed by atoms with Gasteiger partial charge >= 0.3 is 59.1 Å². The predicted octanol–water partition coefficient (Wildman–Crippen LogP) is 0.892. The first-order chi connectivity index (χ1) is 16.5. The van der Waals surface area contributed by atoms with E-state index in [2.05, 4.69) is 6.07 Å². The summed E-state index contributed by atoms with van der Waals surface area (Å²) in [6.07, 6.45) is 0. The number of hydrogen-bond donors (Lipinski definition) is 0. The van der Waals surface area contributed by atoms with Crippen molar-refractivity contribution in [3.05, 3.63) is 103 Å². The molecule has 5 nitrogen and oxygen atoms in total. The summed E-state index contributed by atoms with van der Waals surface area (Å²) in [5, 5.41) is 1.22. The van der Waals surface area contributed by atoms with Crippen molar-refractivity contribution in [2.75, 3.05) is 0 Å². The molecule has 2 aromatic heterocycles. The Morgan fingerprint density at radius 1 is 0.611 bits per heavy atom. The molecule has 0 aliphatic rings. The molecule has 0 radical (unpaired) electrons. The first-order valence-corrected chi connectivity index (χ1v) is 12.0. The molecule has 0 spiro atoms. The largest absolute Gasteiger partial charge is 1.00 e. The van der Waals surface area contributed by atoms with Gasteiger partial charge in [-0.05, 0) is 23.3 Å². The average Bonchev–Trinajstić information content (AvgIpc) is 3.46. The zero-order chi connectivity index (χ0) is 23.3. The zero-order valence-electron chi connectivity index (χ0n) is 19.7. The van der Waals surface area contributed by atoms with E-state index in [0.717, 1.165) is 27.7 Å². The van der Waals surface area contributed by atoms with Gasteiger partial charge in [0.05, 0.1) is 0 Å². The minimum absolute atomic E-state index is 0. The Hall–Kier alpha value is -2.13. The van der Waals surface area contributed by atoms with Crippen LogP contribution in [-0.4, -0.2) is 13.0 Å². The summed E-state index contributed by atoms with van der Waals surface area (Å²) in [7, 11) is -4.72. The number of benzene rings is 4. The van der Waals surface area contributed by atoms with Gasteiger partial charge in [0.2, 0.25) is 0 Å². The van der Waals surface area contributed by atoms with Gasteiger partial charge in [-0.1, -0.05) is 84.4 Å². The Kier molecular flexibility index (Phi) is 8.00. The Bertz CT molecular complexity index is 1730. The number of fused-ring (bicyclic) bond motifs is 2. The van der Waals surface area contributed by atoms with Crippen molar-refractivity contribution in [2.24, 2.45) is 0 Å². The molecule has 0 saturated heterocycles. The van der Waals surface area contributed by atoms with Crippen LogP contribution in [0.5, 0.6) is 0 Å². The maximum atomic E-state index is 12.0. The molecule has 0 bridgehead atoms. The first kappa shape index (κ1) is 26.9. The molecule has 0 unspecified atom stereocenters. The Morgan fingerprint density at radius 3 is 1.75 bits per heavy atom. The second-order valence-electron chi connectivity index (χ2n) is 7.92. The molecular formula is C28H16Na2O5S. The van der Waals surface area contributed by atoms with Crippen molar-refractivity contribution in [2.45, 2.75) is 4.90 Å². The van der Waals surface area contributed by atoms with Gasteiger partial charge in [-0.3, -0.25) is 0 Å². The SMILES string of the molecule is O=S(=O)([O-])c1c(-c2ccc(-c3ccc(-c4[c-]c5ccccc5o4)cc3)cc2)oc2ccccc12.[Na+].[Na+]. The quantitative estimate of drug-likeness (QED) is 0.200. The number of furan rings is 2. The van der Waals surface area contributed by atoms with Gasteiger partial charge < -0.3 is 13.4 Å². The molecule has 0 fully saturated rings. The fourth-order valence-electron chi connectivity index (χ4n) is 4.14. The summed E-state index contributed by atoms with van der Waals surface area (Å²) in [6.45, 7) is 0. The maximum absolute atomic E-state index is 12.0. The van der Waals surface area contributed by atoms with Crippen molar-refractivity contribution in [3.8, 4) is 33.8 Å². The summed E-state index contributed by atoms with van der Waals surface area (Å²) in [6, 6.07) is 32.8. The van der Waals surface area contributed by atoms with Crippen LogP contribution >= 0.6 is 0 Å². The minimum atomic E-state index is -4.72. The molecule has 2 heterocycles. The monoisotopic (exact) mass is 510 g/mol. The number of hydrogen-bond acceptors (Lipinski definition) is 5. The van der Waals surface area contributed by atoms with Crippen LogP contribution in [-0.2, 0) is 10.1 Å². The molecule has 4 aromatic carbocycles. The van der Waals surface area contributed by atoms with E-state index in [9.17, 15) is 13.0 Å². The van der Waals surface area contributed by atoms with Crippen molar-refractivity contribution >= 4 is 32.1 Å². The third-order valence-corrected chi connectivity index (χ3v) is 6.68. The van der Waals surface area contributed by atoms with Gasteiger partial charge in [-0.25, -0.2) is 8.42 Å². The third kappa shape index (κ3) is 5.01. The van der Waals surface area contributed by atoms with E-state index in [1.54, 1.807) is 36.4 Å². The van der Waals surface area contributed by atoms with Crippen LogP contribution in [0.1, 0.15) is 0 Å². The van der Waals surface area contributed by atoms with Gasteiger partial charge in [0.25, 0.3) is 0 Å². The predicted molar refractivity (Wildman–Crippen MR) is 129 cm³/mol. The maximum Gasteiger partial charge on any atom is 1.00 e. The first-order valence-electron chi connectivity index (χ1n) is 10.6. The van der Waals surface area contributed by atoms with E-state index in [4.69, 9.17) is 8.83 Å². The second kappa shape index (κ2) is 10.7. The van der Waals surface area contributed by atoms with E-state index in [-0.39, 0.29) is 75.2 Å². The van der Waals surface area contributed by atoms with Crippen LogP contribution in [0, 0.1) is 6.07 Å². The van der Waals surface area contributed by atoms with Gasteiger partial charge in [0, 0.05) is 22.3 Å². The molecule has 0 N–H and O–H groups in total. The van der Waals surface area contributed by atoms with Crippen molar-refractivity contribution in [3.63, 3.8) is 0 Å². The molecular weight excluding hydrogens is 494 g/mol. The van der Waals surface area contributed by atoms with E-state index in [1.807, 2.05) is 60.7 Å². The van der Waals surface area contributed by atoms with Crippen LogP contribution in [0.3, 0.4) is 0 Å². The zero-order valence-corrected chi connectivity index (χ0v) is 24.5. The summed E-state index contributed by atoms with van der Waals surface area (Å²) in [4.78, 5) is -0.331. The van der Waals surface area contributed by atoms with E-state index in [0.29, 0.717) is 16.9 Å². The summed E-state index contributed by atoms with van der Waals surface area (Å²) in [5.41, 5.74) is 4.50. The molecule has 0 aliphatic heterocycles. The van der Waals surface area contributed by atoms with Crippen molar-refractivity contribution < 1.29 is 80.9 Å². The summed E-state index contributed by atoms with van der Waals surface area (Å²) in [5.74, 6) is 0.734. The molecule has 0 amide bonds. The molecule has 166 valence electrons. The van der Waals surface area contributed by atoms with E-state index in [1.165, 1.54) is 0 Å². The molecule has 8 heteroatoms. The van der Waals surface area contributed by atoms with Crippen LogP contribution < -0.4 is 59.1 Å². The van der Waals surface area contributed by atoms with E-state index < -0.39 is 10.1 Å². The van der Waals surface area contributed by atoms with Gasteiger partial charge in [-0.15, -0.1) is 17.5 Å². The van der Waals surface area contributed by atoms with Crippen molar-refractivity contribution in [1.82, 2.24) is 0 Å².